The van der Waals surface area contributed by atoms with Crippen molar-refractivity contribution in [2.75, 3.05) is 49.9 Å². The zero-order valence-electron chi connectivity index (χ0n) is 35.6. The van der Waals surface area contributed by atoms with Gasteiger partial charge >= 0.3 is 0 Å². The van der Waals surface area contributed by atoms with E-state index in [0.29, 0.717) is 49.3 Å². The van der Waals surface area contributed by atoms with Gasteiger partial charge in [-0.3, -0.25) is 19.8 Å². The van der Waals surface area contributed by atoms with Crippen molar-refractivity contribution in [2.24, 2.45) is 5.92 Å². The minimum atomic E-state index is -0.156. The Kier molecular flexibility index (Phi) is 16.9. The highest BCUT2D eigenvalue weighted by Gasteiger charge is 2.39. The number of hydrogen-bond donors (Lipinski definition) is 0. The highest BCUT2D eigenvalue weighted by atomic mass is 35.5. The maximum Gasteiger partial charge on any atom is 0.225 e. The molecule has 2 fully saturated rings. The van der Waals surface area contributed by atoms with Crippen LogP contribution in [0.25, 0.3) is 0 Å². The molecule has 332 valence electrons. The van der Waals surface area contributed by atoms with Gasteiger partial charge in [0, 0.05) is 45.3 Å². The molecule has 61 heavy (non-hydrogen) atoms. The summed E-state index contributed by atoms with van der Waals surface area (Å²) >= 11 is 40.3. The number of ether oxygens (including phenoxy) is 4. The van der Waals surface area contributed by atoms with Gasteiger partial charge in [-0.15, -0.1) is 0 Å². The van der Waals surface area contributed by atoms with Crippen molar-refractivity contribution in [3.05, 3.63) is 78.4 Å². The van der Waals surface area contributed by atoms with Crippen LogP contribution in [0.5, 0.6) is 23.0 Å². The molecule has 2 aliphatic heterocycles. The molecule has 0 unspecified atom stereocenters. The summed E-state index contributed by atoms with van der Waals surface area (Å²) in [7, 11) is 1.66. The number of hydrazine groups is 1. The second-order valence-electron chi connectivity index (χ2n) is 16.4. The van der Waals surface area contributed by atoms with Crippen LogP contribution in [0.3, 0.4) is 0 Å². The molecule has 2 aromatic heterocycles. The maximum atomic E-state index is 7.01. The van der Waals surface area contributed by atoms with E-state index >= 15 is 0 Å². The van der Waals surface area contributed by atoms with Gasteiger partial charge in [-0.2, -0.15) is 9.97 Å². The van der Waals surface area contributed by atoms with Crippen LogP contribution >= 0.6 is 69.6 Å². The summed E-state index contributed by atoms with van der Waals surface area (Å²) in [6.45, 7) is 17.3. The fraction of sp³-hybridized carbons (Fsp3) is 0.535. The van der Waals surface area contributed by atoms with E-state index in [2.05, 4.69) is 57.9 Å². The number of anilines is 2. The number of likely N-dealkylation sites (tertiary alicyclic amines) is 2. The van der Waals surface area contributed by atoms with Crippen molar-refractivity contribution in [1.29, 1.82) is 0 Å². The van der Waals surface area contributed by atoms with Crippen LogP contribution in [-0.2, 0) is 13.1 Å². The van der Waals surface area contributed by atoms with Gasteiger partial charge in [-0.05, 0) is 118 Å². The molecule has 0 radical (unpaired) electrons. The first kappa shape index (κ1) is 47.5. The van der Waals surface area contributed by atoms with E-state index in [1.807, 2.05) is 49.8 Å². The van der Waals surface area contributed by atoms with E-state index in [4.69, 9.17) is 98.5 Å². The molecule has 6 rings (SSSR count). The molecule has 0 N–H and O–H groups in total. The topological polar surface area (TPSA) is 101 Å². The zero-order chi connectivity index (χ0) is 44.0. The quantitative estimate of drug-likeness (QED) is 0.0572. The Hall–Kier alpha value is -2.94. The monoisotopic (exact) mass is 956 g/mol. The first-order valence-corrected chi connectivity index (χ1v) is 22.9. The number of benzene rings is 2. The fourth-order valence-corrected chi connectivity index (χ4v) is 8.81. The van der Waals surface area contributed by atoms with E-state index < -0.39 is 0 Å². The summed E-state index contributed by atoms with van der Waals surface area (Å²) in [5.41, 5.74) is 2.22. The average molecular weight is 960 g/mol. The summed E-state index contributed by atoms with van der Waals surface area (Å²) < 4.78 is 23.9. The standard InChI is InChI=1S/C43H54Cl6N8O4/c1-25(2)24-59-35-20-28(8-9-34(35)58-7)22-54-14-10-30(11-15-54)56(40-36(44)38(46)50-42(48)52-40)57(41-37(45)39(47)51-43(49)53-41)31-12-16-55(17-13-31)23-29-18-32(60-26(3)4)21-33(19-29)61-27(5)6/h8-9,18-21,25-27,30-31H,10-17,22-24H2,1-7H3. The van der Waals surface area contributed by atoms with E-state index in [1.165, 1.54) is 0 Å². The third kappa shape index (κ3) is 12.6. The SMILES string of the molecule is COc1ccc(CN2CCC(N(c3nc(Cl)nc(Cl)c3Cl)N(c3nc(Cl)nc(Cl)c3Cl)C3CCN(Cc4cc(OC(C)C)cc(OC(C)C)c4)CC3)CC2)cc1OCC(C)C. The molecule has 0 bridgehead atoms. The summed E-state index contributed by atoms with van der Waals surface area (Å²) in [4.78, 5) is 22.5. The molecule has 18 heteroatoms. The normalized spacial score (nSPS) is 15.8. The molecule has 2 aliphatic rings. The van der Waals surface area contributed by atoms with Gasteiger partial charge in [0.25, 0.3) is 0 Å². The predicted molar refractivity (Wildman–Crippen MR) is 247 cm³/mol. The highest BCUT2D eigenvalue weighted by molar-refractivity contribution is 6.44. The van der Waals surface area contributed by atoms with Gasteiger partial charge in [0.1, 0.15) is 21.5 Å². The zero-order valence-corrected chi connectivity index (χ0v) is 40.1. The average Bonchev–Trinajstić information content (AvgIpc) is 3.19. The van der Waals surface area contributed by atoms with Crippen LogP contribution in [0.2, 0.25) is 30.9 Å². The van der Waals surface area contributed by atoms with Crippen molar-refractivity contribution < 1.29 is 18.9 Å². The molecule has 12 nitrogen and oxygen atoms in total. The minimum absolute atomic E-state index is 0.0258. The number of hydrogen-bond acceptors (Lipinski definition) is 12. The van der Waals surface area contributed by atoms with Crippen LogP contribution in [0, 0.1) is 5.92 Å². The Morgan fingerprint density at radius 1 is 0.607 bits per heavy atom. The lowest BCUT2D eigenvalue weighted by molar-refractivity contribution is 0.182. The molecule has 0 amide bonds. The van der Waals surface area contributed by atoms with Gasteiger partial charge in [0.15, 0.2) is 33.4 Å². The second-order valence-corrected chi connectivity index (χ2v) is 18.5. The van der Waals surface area contributed by atoms with Gasteiger partial charge in [0.2, 0.25) is 10.6 Å². The largest absolute Gasteiger partial charge is 0.493 e. The summed E-state index contributed by atoms with van der Waals surface area (Å²) in [5.74, 6) is 4.05. The van der Waals surface area contributed by atoms with Crippen molar-refractivity contribution in [2.45, 2.75) is 105 Å². The van der Waals surface area contributed by atoms with Gasteiger partial charge in [-0.25, -0.2) is 9.97 Å². The molecule has 4 aromatic rings. The number of methoxy groups -OCH3 is 1. The molecule has 0 saturated carbocycles. The van der Waals surface area contributed by atoms with Crippen LogP contribution in [0.4, 0.5) is 11.6 Å². The first-order valence-electron chi connectivity index (χ1n) is 20.7. The lowest BCUT2D eigenvalue weighted by atomic mass is 10.0. The van der Waals surface area contributed by atoms with Gasteiger partial charge in [0.05, 0.1) is 38.0 Å². The molecule has 0 atom stereocenters. The molecule has 4 heterocycles. The molecule has 0 spiro atoms. The van der Waals surface area contributed by atoms with Crippen LogP contribution in [0.15, 0.2) is 36.4 Å². The van der Waals surface area contributed by atoms with Gasteiger partial charge in [-0.1, -0.05) is 66.3 Å². The second kappa shape index (κ2) is 21.6. The predicted octanol–water partition coefficient (Wildman–Crippen LogP) is 11.4. The first-order chi connectivity index (χ1) is 29.1. The van der Waals surface area contributed by atoms with Crippen LogP contribution in [-0.4, -0.2) is 93.9 Å². The van der Waals surface area contributed by atoms with Crippen LogP contribution < -0.4 is 29.0 Å². The molecular formula is C43H54Cl6N8O4. The number of halogens is 6. The van der Waals surface area contributed by atoms with E-state index in [9.17, 15) is 0 Å². The molecular weight excluding hydrogens is 905 g/mol. The summed E-state index contributed by atoms with van der Waals surface area (Å²) in [5, 5.41) is 4.32. The third-order valence-corrected chi connectivity index (χ3v) is 12.1. The Balaban J connectivity index is 1.29. The summed E-state index contributed by atoms with van der Waals surface area (Å²) in [6.07, 6.45) is 2.92. The lowest BCUT2D eigenvalue weighted by Gasteiger charge is -2.49. The minimum Gasteiger partial charge on any atom is -0.493 e. The van der Waals surface area contributed by atoms with E-state index in [0.717, 1.165) is 73.9 Å². The number of nitrogens with zero attached hydrogens (tertiary/aromatic N) is 8. The maximum absolute atomic E-state index is 7.01. The third-order valence-electron chi connectivity index (χ3n) is 10.3. The highest BCUT2D eigenvalue weighted by Crippen LogP contribution is 2.42. The Morgan fingerprint density at radius 2 is 1.07 bits per heavy atom. The van der Waals surface area contributed by atoms with E-state index in [1.54, 1.807) is 7.11 Å². The number of aromatic nitrogens is 4. The Bertz CT molecular complexity index is 2070. The van der Waals surface area contributed by atoms with Crippen molar-refractivity contribution in [3.8, 4) is 23.0 Å². The molecule has 2 saturated heterocycles. The smallest absolute Gasteiger partial charge is 0.225 e. The molecule has 2 aromatic carbocycles. The Labute approximate surface area is 389 Å². The molecule has 0 aliphatic carbocycles. The number of piperidine rings is 2. The van der Waals surface area contributed by atoms with Gasteiger partial charge < -0.3 is 18.9 Å². The van der Waals surface area contributed by atoms with Crippen molar-refractivity contribution in [3.63, 3.8) is 0 Å². The van der Waals surface area contributed by atoms with Crippen molar-refractivity contribution in [1.82, 2.24) is 29.7 Å². The number of rotatable bonds is 17. The lowest BCUT2D eigenvalue weighted by Crippen LogP contribution is -2.59. The Morgan fingerprint density at radius 3 is 1.49 bits per heavy atom. The van der Waals surface area contributed by atoms with Crippen molar-refractivity contribution >= 4 is 81.2 Å². The fourth-order valence-electron chi connectivity index (χ4n) is 7.72. The van der Waals surface area contributed by atoms with Crippen LogP contribution in [0.1, 0.15) is 78.4 Å². The summed E-state index contributed by atoms with van der Waals surface area (Å²) in [6, 6.07) is 11.9. The van der Waals surface area contributed by atoms with E-state index in [-0.39, 0.29) is 55.2 Å².